The summed E-state index contributed by atoms with van der Waals surface area (Å²) in [5.74, 6) is -1.01. The van der Waals surface area contributed by atoms with Gasteiger partial charge in [0.1, 0.15) is 0 Å². The van der Waals surface area contributed by atoms with Crippen LogP contribution in [0.25, 0.3) is 0 Å². The summed E-state index contributed by atoms with van der Waals surface area (Å²) in [5.41, 5.74) is 3.94. The first-order valence-corrected chi connectivity index (χ1v) is 9.98. The summed E-state index contributed by atoms with van der Waals surface area (Å²) >= 11 is 0. The van der Waals surface area contributed by atoms with Crippen LogP contribution in [0.2, 0.25) is 0 Å². The fourth-order valence-electron chi connectivity index (χ4n) is 3.37. The van der Waals surface area contributed by atoms with Crippen molar-refractivity contribution in [1.29, 1.82) is 0 Å². The van der Waals surface area contributed by atoms with Gasteiger partial charge in [0.15, 0.2) is 0 Å². The molecular formula is C23H27N3O3. The molecule has 29 heavy (non-hydrogen) atoms. The highest BCUT2D eigenvalue weighted by atomic mass is 16.2. The topological polar surface area (TPSA) is 78.5 Å². The summed E-state index contributed by atoms with van der Waals surface area (Å²) in [5, 5.41) is 5.23. The molecule has 6 nitrogen and oxygen atoms in total. The van der Waals surface area contributed by atoms with Crippen molar-refractivity contribution in [3.8, 4) is 0 Å². The predicted molar refractivity (Wildman–Crippen MR) is 115 cm³/mol. The van der Waals surface area contributed by atoms with Gasteiger partial charge in [-0.25, -0.2) is 0 Å². The van der Waals surface area contributed by atoms with Crippen molar-refractivity contribution >= 4 is 34.8 Å². The highest BCUT2D eigenvalue weighted by molar-refractivity contribution is 6.43. The first kappa shape index (κ1) is 20.6. The van der Waals surface area contributed by atoms with Crippen molar-refractivity contribution in [3.63, 3.8) is 0 Å². The maximum absolute atomic E-state index is 12.3. The Bertz CT molecular complexity index is 919. The van der Waals surface area contributed by atoms with Crippen LogP contribution in [0.3, 0.4) is 0 Å². The average molecular weight is 393 g/mol. The maximum Gasteiger partial charge on any atom is 0.314 e. The normalized spacial score (nSPS) is 14.1. The number of aryl methyl sites for hydroxylation is 1. The van der Waals surface area contributed by atoms with Gasteiger partial charge in [-0.15, -0.1) is 0 Å². The van der Waals surface area contributed by atoms with E-state index in [4.69, 9.17) is 0 Å². The first-order chi connectivity index (χ1) is 13.8. The molecule has 1 aliphatic rings. The van der Waals surface area contributed by atoms with E-state index in [0.29, 0.717) is 30.3 Å². The molecule has 0 aliphatic carbocycles. The number of carbonyl (C=O) groups excluding carboxylic acids is 3. The SMILES string of the molecule is Cc1ccc(NC(=O)C(=O)Nc2ccc(C(C)C)cc2)cc1N1CCCCC1=O. The van der Waals surface area contributed by atoms with Crippen molar-refractivity contribution in [2.24, 2.45) is 0 Å². The number of amides is 3. The molecule has 0 radical (unpaired) electrons. The van der Waals surface area contributed by atoms with Gasteiger partial charge in [0, 0.05) is 30.0 Å². The molecule has 0 atom stereocenters. The Labute approximate surface area is 171 Å². The van der Waals surface area contributed by atoms with E-state index in [9.17, 15) is 14.4 Å². The molecule has 1 saturated heterocycles. The van der Waals surface area contributed by atoms with Crippen molar-refractivity contribution in [2.45, 2.75) is 46.0 Å². The van der Waals surface area contributed by atoms with E-state index in [1.54, 1.807) is 29.2 Å². The minimum Gasteiger partial charge on any atom is -0.318 e. The molecule has 2 aromatic carbocycles. The molecular weight excluding hydrogens is 366 g/mol. The lowest BCUT2D eigenvalue weighted by Gasteiger charge is -2.28. The Balaban J connectivity index is 1.67. The van der Waals surface area contributed by atoms with E-state index in [0.717, 1.165) is 29.7 Å². The van der Waals surface area contributed by atoms with Crippen LogP contribution in [-0.2, 0) is 14.4 Å². The van der Waals surface area contributed by atoms with Gasteiger partial charge >= 0.3 is 11.8 Å². The van der Waals surface area contributed by atoms with Gasteiger partial charge in [0.2, 0.25) is 5.91 Å². The Kier molecular flexibility index (Phi) is 6.32. The summed E-state index contributed by atoms with van der Waals surface area (Å²) in [7, 11) is 0. The molecule has 1 aliphatic heterocycles. The van der Waals surface area contributed by atoms with Gasteiger partial charge in [-0.3, -0.25) is 14.4 Å². The molecule has 0 spiro atoms. The molecule has 1 heterocycles. The van der Waals surface area contributed by atoms with Crippen LogP contribution in [0.5, 0.6) is 0 Å². The zero-order valence-electron chi connectivity index (χ0n) is 17.1. The minimum atomic E-state index is -0.752. The van der Waals surface area contributed by atoms with Crippen molar-refractivity contribution < 1.29 is 14.4 Å². The van der Waals surface area contributed by atoms with E-state index < -0.39 is 11.8 Å². The predicted octanol–water partition coefficient (Wildman–Crippen LogP) is 4.21. The lowest BCUT2D eigenvalue weighted by molar-refractivity contribution is -0.132. The monoisotopic (exact) mass is 393 g/mol. The summed E-state index contributed by atoms with van der Waals surface area (Å²) in [6.07, 6.45) is 2.40. The Morgan fingerprint density at radius 1 is 0.931 bits per heavy atom. The van der Waals surface area contributed by atoms with E-state index in [2.05, 4.69) is 24.5 Å². The van der Waals surface area contributed by atoms with Gasteiger partial charge in [-0.1, -0.05) is 32.0 Å². The molecule has 3 rings (SSSR count). The number of hydrogen-bond acceptors (Lipinski definition) is 3. The molecule has 2 N–H and O–H groups in total. The van der Waals surface area contributed by atoms with Crippen LogP contribution in [-0.4, -0.2) is 24.3 Å². The van der Waals surface area contributed by atoms with Crippen molar-refractivity contribution in [2.75, 3.05) is 22.1 Å². The smallest absolute Gasteiger partial charge is 0.314 e. The number of nitrogens with one attached hydrogen (secondary N) is 2. The second-order valence-corrected chi connectivity index (χ2v) is 7.69. The van der Waals surface area contributed by atoms with Crippen molar-refractivity contribution in [1.82, 2.24) is 0 Å². The highest BCUT2D eigenvalue weighted by Crippen LogP contribution is 2.27. The van der Waals surface area contributed by atoms with Crippen LogP contribution in [0.15, 0.2) is 42.5 Å². The molecule has 2 aromatic rings. The number of anilines is 3. The zero-order chi connectivity index (χ0) is 21.0. The minimum absolute atomic E-state index is 0.0883. The van der Waals surface area contributed by atoms with Gasteiger partial charge in [0.25, 0.3) is 0 Å². The van der Waals surface area contributed by atoms with Gasteiger partial charge in [0.05, 0.1) is 0 Å². The summed E-state index contributed by atoms with van der Waals surface area (Å²) in [4.78, 5) is 38.6. The Morgan fingerprint density at radius 2 is 1.55 bits per heavy atom. The highest BCUT2D eigenvalue weighted by Gasteiger charge is 2.22. The summed E-state index contributed by atoms with van der Waals surface area (Å²) < 4.78 is 0. The standard InChI is InChI=1S/C23H27N3O3/c1-15(2)17-8-11-18(12-9-17)24-22(28)23(29)25-19-10-7-16(3)20(14-19)26-13-5-4-6-21(26)27/h7-12,14-15H,4-6,13H2,1-3H3,(H,24,28)(H,25,29). The van der Waals surface area contributed by atoms with Gasteiger partial charge < -0.3 is 15.5 Å². The molecule has 1 fully saturated rings. The summed E-state index contributed by atoms with van der Waals surface area (Å²) in [6, 6.07) is 12.8. The molecule has 3 amide bonds. The average Bonchev–Trinajstić information content (AvgIpc) is 2.70. The summed E-state index contributed by atoms with van der Waals surface area (Å²) in [6.45, 7) is 6.78. The maximum atomic E-state index is 12.3. The van der Waals surface area contributed by atoms with Crippen molar-refractivity contribution in [3.05, 3.63) is 53.6 Å². The van der Waals surface area contributed by atoms with Crippen LogP contribution in [0.1, 0.15) is 50.2 Å². The third-order valence-corrected chi connectivity index (χ3v) is 5.12. The zero-order valence-corrected chi connectivity index (χ0v) is 17.1. The lowest BCUT2D eigenvalue weighted by Crippen LogP contribution is -2.35. The van der Waals surface area contributed by atoms with Crippen LogP contribution >= 0.6 is 0 Å². The van der Waals surface area contributed by atoms with E-state index >= 15 is 0 Å². The van der Waals surface area contributed by atoms with Crippen LogP contribution in [0, 0.1) is 6.92 Å². The van der Waals surface area contributed by atoms with E-state index in [-0.39, 0.29) is 5.91 Å². The number of rotatable bonds is 4. The van der Waals surface area contributed by atoms with Gasteiger partial charge in [-0.05, 0) is 61.1 Å². The van der Waals surface area contributed by atoms with Crippen LogP contribution < -0.4 is 15.5 Å². The lowest BCUT2D eigenvalue weighted by atomic mass is 10.0. The van der Waals surface area contributed by atoms with E-state index in [1.165, 1.54) is 0 Å². The molecule has 152 valence electrons. The fraction of sp³-hybridized carbons (Fsp3) is 0.348. The number of piperidine rings is 1. The molecule has 6 heteroatoms. The second-order valence-electron chi connectivity index (χ2n) is 7.69. The number of hydrogen-bond donors (Lipinski definition) is 2. The molecule has 0 aromatic heterocycles. The Morgan fingerprint density at radius 3 is 2.17 bits per heavy atom. The molecule has 0 bridgehead atoms. The molecule has 0 unspecified atom stereocenters. The number of benzene rings is 2. The fourth-order valence-corrected chi connectivity index (χ4v) is 3.37. The second kappa shape index (κ2) is 8.90. The number of nitrogens with zero attached hydrogens (tertiary/aromatic N) is 1. The third kappa shape index (κ3) is 5.02. The first-order valence-electron chi connectivity index (χ1n) is 9.98. The molecule has 0 saturated carbocycles. The quantitative estimate of drug-likeness (QED) is 0.764. The van der Waals surface area contributed by atoms with E-state index in [1.807, 2.05) is 25.1 Å². The van der Waals surface area contributed by atoms with Crippen LogP contribution in [0.4, 0.5) is 17.1 Å². The third-order valence-electron chi connectivity index (χ3n) is 5.12. The van der Waals surface area contributed by atoms with Gasteiger partial charge in [-0.2, -0.15) is 0 Å². The number of carbonyl (C=O) groups is 3. The largest absolute Gasteiger partial charge is 0.318 e. The Hall–Kier alpha value is -3.15.